The van der Waals surface area contributed by atoms with Gasteiger partial charge in [0.25, 0.3) is 0 Å². The molecule has 4 nitrogen and oxygen atoms in total. The van der Waals surface area contributed by atoms with E-state index in [2.05, 4.69) is 36.1 Å². The summed E-state index contributed by atoms with van der Waals surface area (Å²) in [5, 5.41) is 0. The van der Waals surface area contributed by atoms with Gasteiger partial charge in [0.2, 0.25) is 5.91 Å². The Labute approximate surface area is 127 Å². The topological polar surface area (TPSA) is 49.6 Å². The van der Waals surface area contributed by atoms with Gasteiger partial charge in [-0.3, -0.25) is 9.69 Å². The van der Waals surface area contributed by atoms with Crippen molar-refractivity contribution in [1.82, 2.24) is 9.80 Å². The van der Waals surface area contributed by atoms with Crippen LogP contribution in [-0.2, 0) is 11.3 Å². The molecule has 1 heterocycles. The van der Waals surface area contributed by atoms with E-state index >= 15 is 0 Å². The summed E-state index contributed by atoms with van der Waals surface area (Å²) in [6.45, 7) is 7.56. The number of amides is 1. The molecule has 1 amide bonds. The molecule has 0 saturated carbocycles. The van der Waals surface area contributed by atoms with Crippen LogP contribution in [0, 0.1) is 0 Å². The van der Waals surface area contributed by atoms with E-state index in [-0.39, 0.29) is 5.91 Å². The second kappa shape index (κ2) is 7.57. The van der Waals surface area contributed by atoms with Gasteiger partial charge in [-0.1, -0.05) is 37.3 Å². The molecule has 1 aliphatic rings. The Morgan fingerprint density at radius 2 is 2.14 bits per heavy atom. The van der Waals surface area contributed by atoms with Crippen molar-refractivity contribution in [3.05, 3.63) is 35.9 Å². The van der Waals surface area contributed by atoms with Crippen LogP contribution in [0.1, 0.15) is 32.3 Å². The highest BCUT2D eigenvalue weighted by molar-refractivity contribution is 5.81. The number of carbonyl (C=O) groups is 1. The molecule has 2 N–H and O–H groups in total. The minimum Gasteiger partial charge on any atom is -0.340 e. The molecular formula is C17H27N3O. The normalized spacial score (nSPS) is 20.6. The van der Waals surface area contributed by atoms with E-state index in [0.29, 0.717) is 6.04 Å². The molecule has 1 fully saturated rings. The fourth-order valence-electron chi connectivity index (χ4n) is 3.06. The van der Waals surface area contributed by atoms with Crippen molar-refractivity contribution in [2.45, 2.75) is 45.3 Å². The quantitative estimate of drug-likeness (QED) is 0.900. The van der Waals surface area contributed by atoms with E-state index in [9.17, 15) is 4.79 Å². The fraction of sp³-hybridized carbons (Fsp3) is 0.588. The van der Waals surface area contributed by atoms with Crippen LogP contribution in [-0.4, -0.2) is 47.4 Å². The van der Waals surface area contributed by atoms with Crippen molar-refractivity contribution >= 4 is 5.91 Å². The van der Waals surface area contributed by atoms with Crippen LogP contribution in [0.3, 0.4) is 0 Å². The Bertz CT molecular complexity index is 447. The van der Waals surface area contributed by atoms with Gasteiger partial charge in [-0.2, -0.15) is 0 Å². The zero-order valence-electron chi connectivity index (χ0n) is 13.2. The lowest BCUT2D eigenvalue weighted by Crippen LogP contribution is -2.52. The van der Waals surface area contributed by atoms with E-state index in [1.807, 2.05) is 11.0 Å². The number of likely N-dealkylation sites (tertiary alicyclic amines) is 1. The summed E-state index contributed by atoms with van der Waals surface area (Å²) in [7, 11) is 0. The molecule has 2 rings (SSSR count). The summed E-state index contributed by atoms with van der Waals surface area (Å²) in [6.07, 6.45) is 2.22. The van der Waals surface area contributed by atoms with Crippen molar-refractivity contribution in [3.63, 3.8) is 0 Å². The summed E-state index contributed by atoms with van der Waals surface area (Å²) in [6, 6.07) is 10.6. The summed E-state index contributed by atoms with van der Waals surface area (Å²) in [5.41, 5.74) is 7.07. The second-order valence-corrected chi connectivity index (χ2v) is 5.92. The lowest BCUT2D eigenvalue weighted by Gasteiger charge is -2.39. The molecule has 21 heavy (non-hydrogen) atoms. The van der Waals surface area contributed by atoms with Crippen molar-refractivity contribution in [2.24, 2.45) is 5.73 Å². The zero-order valence-corrected chi connectivity index (χ0v) is 13.2. The number of nitrogens with zero attached hydrogens (tertiary/aromatic N) is 2. The maximum absolute atomic E-state index is 12.1. The standard InChI is InChI=1S/C17H27N3O/c1-3-19(12-15-8-5-4-6-9-15)16-10-7-11-20(13-16)17(21)14(2)18/h4-6,8-9,14,16H,3,7,10-13,18H2,1-2H3/t14-,16?/m0/s1. The molecule has 1 saturated heterocycles. The molecule has 1 unspecified atom stereocenters. The van der Waals surface area contributed by atoms with E-state index < -0.39 is 6.04 Å². The predicted octanol–water partition coefficient (Wildman–Crippen LogP) is 1.85. The first-order chi connectivity index (χ1) is 10.1. The van der Waals surface area contributed by atoms with Crippen LogP contribution >= 0.6 is 0 Å². The predicted molar refractivity (Wildman–Crippen MR) is 85.8 cm³/mol. The van der Waals surface area contributed by atoms with Crippen LogP contribution in [0.4, 0.5) is 0 Å². The smallest absolute Gasteiger partial charge is 0.239 e. The SMILES string of the molecule is CCN(Cc1ccccc1)C1CCCN(C(=O)[C@H](C)N)C1. The van der Waals surface area contributed by atoms with Gasteiger partial charge >= 0.3 is 0 Å². The van der Waals surface area contributed by atoms with Crippen molar-refractivity contribution in [2.75, 3.05) is 19.6 Å². The first kappa shape index (κ1) is 16.0. The number of nitrogens with two attached hydrogens (primary N) is 1. The second-order valence-electron chi connectivity index (χ2n) is 5.92. The molecule has 2 atom stereocenters. The number of carbonyl (C=O) groups excluding carboxylic acids is 1. The van der Waals surface area contributed by atoms with Crippen LogP contribution in [0.2, 0.25) is 0 Å². The average Bonchev–Trinajstić information content (AvgIpc) is 2.53. The number of hydrogen-bond donors (Lipinski definition) is 1. The first-order valence-corrected chi connectivity index (χ1v) is 7.94. The van der Waals surface area contributed by atoms with Gasteiger partial charge < -0.3 is 10.6 Å². The highest BCUT2D eigenvalue weighted by atomic mass is 16.2. The molecule has 1 aliphatic heterocycles. The van der Waals surface area contributed by atoms with Gasteiger partial charge in [0.15, 0.2) is 0 Å². The third kappa shape index (κ3) is 4.29. The summed E-state index contributed by atoms with van der Waals surface area (Å²) in [4.78, 5) is 16.5. The van der Waals surface area contributed by atoms with Crippen LogP contribution in [0.5, 0.6) is 0 Å². The molecular weight excluding hydrogens is 262 g/mol. The van der Waals surface area contributed by atoms with Crippen LogP contribution in [0.25, 0.3) is 0 Å². The Morgan fingerprint density at radius 3 is 2.76 bits per heavy atom. The zero-order chi connectivity index (χ0) is 15.2. The van der Waals surface area contributed by atoms with Crippen LogP contribution in [0.15, 0.2) is 30.3 Å². The molecule has 0 aliphatic carbocycles. The Hall–Kier alpha value is -1.39. The molecule has 116 valence electrons. The molecule has 1 aromatic carbocycles. The monoisotopic (exact) mass is 289 g/mol. The number of rotatable bonds is 5. The lowest BCUT2D eigenvalue weighted by molar-refractivity contribution is -0.134. The first-order valence-electron chi connectivity index (χ1n) is 7.94. The van der Waals surface area contributed by atoms with E-state index in [1.165, 1.54) is 5.56 Å². The minimum atomic E-state index is -0.395. The molecule has 4 heteroatoms. The molecule has 0 bridgehead atoms. The Balaban J connectivity index is 1.99. The third-order valence-corrected chi connectivity index (χ3v) is 4.25. The van der Waals surface area contributed by atoms with E-state index in [0.717, 1.165) is 39.0 Å². The highest BCUT2D eigenvalue weighted by Crippen LogP contribution is 2.18. The van der Waals surface area contributed by atoms with E-state index in [4.69, 9.17) is 5.73 Å². The average molecular weight is 289 g/mol. The highest BCUT2D eigenvalue weighted by Gasteiger charge is 2.28. The third-order valence-electron chi connectivity index (χ3n) is 4.25. The van der Waals surface area contributed by atoms with E-state index in [1.54, 1.807) is 6.92 Å². The molecule has 0 spiro atoms. The summed E-state index contributed by atoms with van der Waals surface area (Å²) < 4.78 is 0. The van der Waals surface area contributed by atoms with Gasteiger partial charge in [-0.05, 0) is 31.9 Å². The minimum absolute atomic E-state index is 0.0791. The maximum Gasteiger partial charge on any atom is 0.239 e. The fourth-order valence-corrected chi connectivity index (χ4v) is 3.06. The maximum atomic E-state index is 12.1. The Kier molecular flexibility index (Phi) is 5.76. The van der Waals surface area contributed by atoms with Crippen LogP contribution < -0.4 is 5.73 Å². The number of hydrogen-bond acceptors (Lipinski definition) is 3. The van der Waals surface area contributed by atoms with Gasteiger partial charge in [-0.15, -0.1) is 0 Å². The number of benzene rings is 1. The van der Waals surface area contributed by atoms with Gasteiger partial charge in [0, 0.05) is 25.7 Å². The Morgan fingerprint density at radius 1 is 1.43 bits per heavy atom. The molecule has 0 radical (unpaired) electrons. The number of piperidine rings is 1. The molecule has 1 aromatic rings. The largest absolute Gasteiger partial charge is 0.340 e. The van der Waals surface area contributed by atoms with Crippen molar-refractivity contribution < 1.29 is 4.79 Å². The summed E-state index contributed by atoms with van der Waals surface area (Å²) >= 11 is 0. The van der Waals surface area contributed by atoms with Gasteiger partial charge in [-0.25, -0.2) is 0 Å². The summed E-state index contributed by atoms with van der Waals surface area (Å²) in [5.74, 6) is 0.0791. The van der Waals surface area contributed by atoms with Gasteiger partial charge in [0.1, 0.15) is 0 Å². The van der Waals surface area contributed by atoms with Crippen molar-refractivity contribution in [1.29, 1.82) is 0 Å². The molecule has 0 aromatic heterocycles. The van der Waals surface area contributed by atoms with Gasteiger partial charge in [0.05, 0.1) is 6.04 Å². The lowest BCUT2D eigenvalue weighted by atomic mass is 10.0. The van der Waals surface area contributed by atoms with Crippen molar-refractivity contribution in [3.8, 4) is 0 Å². The number of likely N-dealkylation sites (N-methyl/N-ethyl adjacent to an activating group) is 1.